The van der Waals surface area contributed by atoms with Crippen molar-refractivity contribution in [2.45, 2.75) is 59.8 Å². The summed E-state index contributed by atoms with van der Waals surface area (Å²) in [5, 5.41) is 0. The van der Waals surface area contributed by atoms with Gasteiger partial charge in [0.25, 0.3) is 0 Å². The van der Waals surface area contributed by atoms with E-state index in [1.807, 2.05) is 0 Å². The summed E-state index contributed by atoms with van der Waals surface area (Å²) in [6.45, 7) is 9.31. The molecule has 2 unspecified atom stereocenters. The number of rotatable bonds is 11. The Balaban J connectivity index is 0. The molecule has 0 radical (unpaired) electrons. The molecule has 19 heavy (non-hydrogen) atoms. The van der Waals surface area contributed by atoms with E-state index in [-0.39, 0.29) is 19.5 Å². The smallest absolute Gasteiger partial charge is 0.244 e. The van der Waals surface area contributed by atoms with Crippen LogP contribution in [0.25, 0.3) is 0 Å². The third-order valence-electron chi connectivity index (χ3n) is 2.97. The standard InChI is InChI=1S/C13H29O2PS2.Zn/c1-5-7-8-13(6-2)11-18-16(14,17)15-10-9-12(3)4;/h12-13H,5-11H2,1-4H3,(H,14,17);. The summed E-state index contributed by atoms with van der Waals surface area (Å²) < 4.78 is 5.48. The maximum absolute atomic E-state index is 10.1. The first-order chi connectivity index (χ1) is 8.41. The molecule has 0 bridgehead atoms. The van der Waals surface area contributed by atoms with E-state index in [1.165, 1.54) is 30.6 Å². The Hall–Kier alpha value is 1.54. The Labute approximate surface area is 141 Å². The Morgan fingerprint density at radius 3 is 2.37 bits per heavy atom. The van der Waals surface area contributed by atoms with Crippen LogP contribution in [0.5, 0.6) is 0 Å². The molecule has 0 aliphatic heterocycles. The molecule has 2 atom stereocenters. The molecule has 0 amide bonds. The monoisotopic (exact) mass is 376 g/mol. The summed E-state index contributed by atoms with van der Waals surface area (Å²) >= 11 is 6.65. The fourth-order valence-electron chi connectivity index (χ4n) is 1.54. The zero-order valence-corrected chi connectivity index (χ0v) is 18.4. The SMILES string of the molecule is CCCCC(CC)CSP(O)(=S)OCCC(C)C.[Zn]. The van der Waals surface area contributed by atoms with E-state index in [1.54, 1.807) is 0 Å². The average molecular weight is 378 g/mol. The van der Waals surface area contributed by atoms with Crippen LogP contribution in [0.15, 0.2) is 0 Å². The van der Waals surface area contributed by atoms with Gasteiger partial charge in [0.05, 0.1) is 6.61 Å². The molecule has 0 heterocycles. The Morgan fingerprint density at radius 2 is 1.89 bits per heavy atom. The van der Waals surface area contributed by atoms with E-state index in [9.17, 15) is 4.89 Å². The minimum atomic E-state index is -2.60. The van der Waals surface area contributed by atoms with Crippen molar-refractivity contribution in [2.75, 3.05) is 12.4 Å². The van der Waals surface area contributed by atoms with Gasteiger partial charge in [0.2, 0.25) is 5.69 Å². The van der Waals surface area contributed by atoms with Gasteiger partial charge in [-0.3, -0.25) is 0 Å². The Bertz CT molecular complexity index is 253. The van der Waals surface area contributed by atoms with E-state index in [2.05, 4.69) is 27.7 Å². The van der Waals surface area contributed by atoms with Gasteiger partial charge in [-0.1, -0.05) is 58.3 Å². The van der Waals surface area contributed by atoms with Gasteiger partial charge in [0, 0.05) is 25.2 Å². The minimum Gasteiger partial charge on any atom is -0.337 e. The van der Waals surface area contributed by atoms with E-state index in [0.29, 0.717) is 18.4 Å². The van der Waals surface area contributed by atoms with Gasteiger partial charge in [-0.05, 0) is 36.5 Å². The van der Waals surface area contributed by atoms with Gasteiger partial charge in [-0.15, -0.1) is 0 Å². The van der Waals surface area contributed by atoms with Crippen LogP contribution >= 0.6 is 17.1 Å². The van der Waals surface area contributed by atoms with E-state index < -0.39 is 5.69 Å². The zero-order chi connectivity index (χ0) is 14.0. The van der Waals surface area contributed by atoms with E-state index in [4.69, 9.17) is 16.3 Å². The van der Waals surface area contributed by atoms with Crippen LogP contribution in [0.2, 0.25) is 0 Å². The molecule has 0 aromatic heterocycles. The number of hydrogen-bond acceptors (Lipinski definition) is 3. The van der Waals surface area contributed by atoms with Gasteiger partial charge in [-0.25, -0.2) is 0 Å². The first-order valence-corrected chi connectivity index (χ1v) is 11.3. The van der Waals surface area contributed by atoms with Crippen molar-refractivity contribution in [3.63, 3.8) is 0 Å². The maximum atomic E-state index is 10.1. The van der Waals surface area contributed by atoms with Crippen molar-refractivity contribution in [3.05, 3.63) is 0 Å². The molecule has 0 fully saturated rings. The first kappa shape index (κ1) is 22.8. The normalized spacial score (nSPS) is 15.9. The fourth-order valence-corrected chi connectivity index (χ4v) is 5.17. The fraction of sp³-hybridized carbons (Fsp3) is 1.00. The predicted octanol–water partition coefficient (Wildman–Crippen LogP) is 5.21. The molecule has 0 saturated heterocycles. The number of unbranched alkanes of at least 4 members (excludes halogenated alkanes) is 1. The first-order valence-electron chi connectivity index (χ1n) is 7.03. The summed E-state index contributed by atoms with van der Waals surface area (Å²) in [4.78, 5) is 10.1. The van der Waals surface area contributed by atoms with E-state index in [0.717, 1.165) is 18.6 Å². The third kappa shape index (κ3) is 14.3. The van der Waals surface area contributed by atoms with Gasteiger partial charge < -0.3 is 9.42 Å². The third-order valence-corrected chi connectivity index (χ3v) is 7.43. The molecule has 0 aromatic carbocycles. The summed E-state index contributed by atoms with van der Waals surface area (Å²) in [5.41, 5.74) is -2.60. The Morgan fingerprint density at radius 1 is 1.26 bits per heavy atom. The summed E-state index contributed by atoms with van der Waals surface area (Å²) in [6.07, 6.45) is 5.86. The van der Waals surface area contributed by atoms with Crippen molar-refractivity contribution in [3.8, 4) is 0 Å². The van der Waals surface area contributed by atoms with Crippen LogP contribution in [0.1, 0.15) is 59.8 Å². The van der Waals surface area contributed by atoms with Crippen LogP contribution in [-0.4, -0.2) is 17.3 Å². The van der Waals surface area contributed by atoms with E-state index >= 15 is 0 Å². The Kier molecular flexibility index (Phi) is 15.9. The molecular formula is C13H29O2PS2Zn. The van der Waals surface area contributed by atoms with Gasteiger partial charge in [0.15, 0.2) is 0 Å². The summed E-state index contributed by atoms with van der Waals surface area (Å²) in [7, 11) is 0. The maximum Gasteiger partial charge on any atom is 0.244 e. The predicted molar refractivity (Wildman–Crippen MR) is 87.7 cm³/mol. The molecule has 0 rings (SSSR count). The topological polar surface area (TPSA) is 29.5 Å². The van der Waals surface area contributed by atoms with Crippen LogP contribution in [-0.2, 0) is 35.8 Å². The second kappa shape index (κ2) is 13.2. The quantitative estimate of drug-likeness (QED) is 0.395. The molecule has 0 aromatic rings. The summed E-state index contributed by atoms with van der Waals surface area (Å²) in [5.74, 6) is 2.20. The largest absolute Gasteiger partial charge is 0.337 e. The van der Waals surface area contributed by atoms with Crippen molar-refractivity contribution in [1.29, 1.82) is 0 Å². The zero-order valence-electron chi connectivity index (χ0n) is 12.9. The van der Waals surface area contributed by atoms with Crippen molar-refractivity contribution in [2.24, 2.45) is 11.8 Å². The molecule has 6 heteroatoms. The second-order valence-electron chi connectivity index (χ2n) is 5.20. The van der Waals surface area contributed by atoms with Crippen molar-refractivity contribution >= 4 is 28.9 Å². The molecular weight excluding hydrogens is 349 g/mol. The molecule has 0 aliphatic carbocycles. The molecule has 0 saturated carbocycles. The molecule has 0 aliphatic rings. The van der Waals surface area contributed by atoms with Crippen LogP contribution in [0.4, 0.5) is 0 Å². The van der Waals surface area contributed by atoms with Gasteiger partial charge >= 0.3 is 0 Å². The molecule has 0 spiro atoms. The van der Waals surface area contributed by atoms with Gasteiger partial charge in [0.1, 0.15) is 0 Å². The number of hydrogen-bond donors (Lipinski definition) is 1. The van der Waals surface area contributed by atoms with Crippen molar-refractivity contribution < 1.29 is 28.9 Å². The van der Waals surface area contributed by atoms with Crippen LogP contribution < -0.4 is 0 Å². The van der Waals surface area contributed by atoms with Crippen LogP contribution in [0.3, 0.4) is 0 Å². The molecule has 112 valence electrons. The van der Waals surface area contributed by atoms with Crippen LogP contribution in [0, 0.1) is 11.8 Å². The second-order valence-corrected chi connectivity index (χ2v) is 11.4. The van der Waals surface area contributed by atoms with Gasteiger partial charge in [-0.2, -0.15) is 0 Å². The minimum absolute atomic E-state index is 0. The average Bonchev–Trinajstić information content (AvgIpc) is 2.28. The molecule has 1 N–H and O–H groups in total. The summed E-state index contributed by atoms with van der Waals surface area (Å²) in [6, 6.07) is 0. The van der Waals surface area contributed by atoms with Crippen molar-refractivity contribution in [1.82, 2.24) is 0 Å². The molecule has 2 nitrogen and oxygen atoms in total.